The van der Waals surface area contributed by atoms with Crippen LogP contribution in [0, 0.1) is 0 Å². The topological polar surface area (TPSA) is 78.9 Å². The van der Waals surface area contributed by atoms with E-state index in [0.717, 1.165) is 70.6 Å². The van der Waals surface area contributed by atoms with Gasteiger partial charge in [-0.2, -0.15) is 0 Å². The highest BCUT2D eigenvalue weighted by Crippen LogP contribution is 2.15. The molecular weight excluding hydrogens is 685 g/mol. The summed E-state index contributed by atoms with van der Waals surface area (Å²) in [5.74, 6) is -0.933. The van der Waals surface area contributed by atoms with Crippen LogP contribution in [0.15, 0.2) is 48.6 Å². The van der Waals surface area contributed by atoms with E-state index in [4.69, 9.17) is 14.2 Å². The summed E-state index contributed by atoms with van der Waals surface area (Å²) in [6.45, 7) is 6.43. The Morgan fingerprint density at radius 2 is 0.745 bits per heavy atom. The van der Waals surface area contributed by atoms with E-state index < -0.39 is 6.10 Å². The van der Waals surface area contributed by atoms with Crippen LogP contribution >= 0.6 is 0 Å². The lowest BCUT2D eigenvalue weighted by Crippen LogP contribution is -2.30. The molecule has 0 rings (SSSR count). The predicted octanol–water partition coefficient (Wildman–Crippen LogP) is 14.8. The van der Waals surface area contributed by atoms with Crippen LogP contribution in [-0.2, 0) is 28.6 Å². The van der Waals surface area contributed by atoms with Crippen LogP contribution in [-0.4, -0.2) is 37.2 Å². The van der Waals surface area contributed by atoms with Crippen LogP contribution < -0.4 is 0 Å². The summed E-state index contributed by atoms with van der Waals surface area (Å²) >= 11 is 0. The summed E-state index contributed by atoms with van der Waals surface area (Å²) in [5.41, 5.74) is 0. The minimum absolute atomic E-state index is 0.0864. The highest BCUT2D eigenvalue weighted by Gasteiger charge is 2.19. The third kappa shape index (κ3) is 42.4. The van der Waals surface area contributed by atoms with Gasteiger partial charge in [0.2, 0.25) is 0 Å². The number of carbonyl (C=O) groups is 3. The van der Waals surface area contributed by atoms with E-state index in [-0.39, 0.29) is 31.1 Å². The van der Waals surface area contributed by atoms with Gasteiger partial charge in [0.1, 0.15) is 13.2 Å². The van der Waals surface area contributed by atoms with Crippen molar-refractivity contribution in [3.8, 4) is 0 Å². The first kappa shape index (κ1) is 52.4. The van der Waals surface area contributed by atoms with E-state index in [2.05, 4.69) is 69.4 Å². The maximum Gasteiger partial charge on any atom is 0.306 e. The van der Waals surface area contributed by atoms with E-state index in [1.807, 2.05) is 0 Å². The molecule has 6 nitrogen and oxygen atoms in total. The van der Waals surface area contributed by atoms with Gasteiger partial charge in [-0.1, -0.05) is 198 Å². The van der Waals surface area contributed by atoms with Crippen LogP contribution in [0.25, 0.3) is 0 Å². The minimum atomic E-state index is -0.783. The molecule has 6 heteroatoms. The summed E-state index contributed by atoms with van der Waals surface area (Å²) in [6, 6.07) is 0. The number of rotatable bonds is 41. The molecule has 0 aliphatic rings. The number of carbonyl (C=O) groups excluding carboxylic acids is 3. The highest BCUT2D eigenvalue weighted by molar-refractivity contribution is 5.71. The highest BCUT2D eigenvalue weighted by atomic mass is 16.6. The van der Waals surface area contributed by atoms with Crippen molar-refractivity contribution >= 4 is 17.9 Å². The van der Waals surface area contributed by atoms with Crippen molar-refractivity contribution in [1.82, 2.24) is 0 Å². The number of hydrogen-bond donors (Lipinski definition) is 0. The van der Waals surface area contributed by atoms with Gasteiger partial charge in [-0.25, -0.2) is 0 Å². The molecule has 0 aliphatic carbocycles. The Kier molecular flexibility index (Phi) is 42.0. The maximum absolute atomic E-state index is 12.7. The minimum Gasteiger partial charge on any atom is -0.462 e. The standard InChI is InChI=1S/C49H86O6/c1-4-7-10-13-16-19-21-23-24-26-27-30-33-36-39-42-48(51)54-45-46(44-53-47(50)41-38-35-32-29-18-15-12-9-6-3)55-49(52)43-40-37-34-31-28-25-22-20-17-14-11-8-5-2/h7,10,13,16,19,21,29,32,46H,4-6,8-9,11-12,14-15,17-18,20,22-28,30-31,33-45H2,1-3H3/b10-7-,16-13-,21-19-,32-29-. The van der Waals surface area contributed by atoms with E-state index in [1.54, 1.807) is 0 Å². The number of esters is 3. The van der Waals surface area contributed by atoms with Gasteiger partial charge in [0.25, 0.3) is 0 Å². The quantitative estimate of drug-likeness (QED) is 0.0202. The average molecular weight is 771 g/mol. The zero-order valence-corrected chi connectivity index (χ0v) is 36.2. The zero-order valence-electron chi connectivity index (χ0n) is 36.2. The first-order chi connectivity index (χ1) is 27.0. The summed E-state index contributed by atoms with van der Waals surface area (Å²) in [7, 11) is 0. The molecule has 0 radical (unpaired) electrons. The fraction of sp³-hybridized carbons (Fsp3) is 0.776. The van der Waals surface area contributed by atoms with Crippen LogP contribution in [0.3, 0.4) is 0 Å². The Morgan fingerprint density at radius 1 is 0.382 bits per heavy atom. The molecule has 0 spiro atoms. The van der Waals surface area contributed by atoms with Crippen molar-refractivity contribution < 1.29 is 28.6 Å². The second-order valence-corrected chi connectivity index (χ2v) is 15.3. The third-order valence-electron chi connectivity index (χ3n) is 9.88. The molecule has 318 valence electrons. The molecular formula is C49H86O6. The van der Waals surface area contributed by atoms with Crippen molar-refractivity contribution in [3.05, 3.63) is 48.6 Å². The number of unbranched alkanes of at least 4 members (excludes halogenated alkanes) is 24. The van der Waals surface area contributed by atoms with Gasteiger partial charge in [-0.15, -0.1) is 0 Å². The average Bonchev–Trinajstić information content (AvgIpc) is 3.18. The van der Waals surface area contributed by atoms with E-state index in [9.17, 15) is 14.4 Å². The van der Waals surface area contributed by atoms with Gasteiger partial charge in [0.05, 0.1) is 0 Å². The Labute approximate surface area is 339 Å². The molecule has 0 fully saturated rings. The van der Waals surface area contributed by atoms with E-state index >= 15 is 0 Å². The lowest BCUT2D eigenvalue weighted by molar-refractivity contribution is -0.167. The molecule has 0 saturated heterocycles. The van der Waals surface area contributed by atoms with Gasteiger partial charge in [0.15, 0.2) is 6.10 Å². The number of ether oxygens (including phenoxy) is 3. The molecule has 0 aliphatic heterocycles. The van der Waals surface area contributed by atoms with Crippen molar-refractivity contribution in [1.29, 1.82) is 0 Å². The second kappa shape index (κ2) is 44.1. The maximum atomic E-state index is 12.7. The van der Waals surface area contributed by atoms with Gasteiger partial charge < -0.3 is 14.2 Å². The first-order valence-corrected chi connectivity index (χ1v) is 23.2. The van der Waals surface area contributed by atoms with Crippen LogP contribution in [0.4, 0.5) is 0 Å². The summed E-state index contributed by atoms with van der Waals surface area (Å²) in [6.07, 6.45) is 51.0. The fourth-order valence-electron chi connectivity index (χ4n) is 6.39. The Hall–Kier alpha value is -2.63. The smallest absolute Gasteiger partial charge is 0.306 e. The lowest BCUT2D eigenvalue weighted by atomic mass is 10.0. The van der Waals surface area contributed by atoms with Crippen LogP contribution in [0.5, 0.6) is 0 Å². The van der Waals surface area contributed by atoms with Crippen LogP contribution in [0.1, 0.15) is 226 Å². The van der Waals surface area contributed by atoms with Crippen molar-refractivity contribution in [3.63, 3.8) is 0 Å². The normalized spacial score (nSPS) is 12.4. The first-order valence-electron chi connectivity index (χ1n) is 23.2. The molecule has 1 atom stereocenters. The Balaban J connectivity index is 4.37. The summed E-state index contributed by atoms with van der Waals surface area (Å²) in [5, 5.41) is 0. The summed E-state index contributed by atoms with van der Waals surface area (Å²) in [4.78, 5) is 37.7. The van der Waals surface area contributed by atoms with Crippen molar-refractivity contribution in [2.24, 2.45) is 0 Å². The molecule has 0 saturated carbocycles. The number of allylic oxidation sites excluding steroid dienone is 8. The fourth-order valence-corrected chi connectivity index (χ4v) is 6.39. The number of hydrogen-bond acceptors (Lipinski definition) is 6. The Morgan fingerprint density at radius 3 is 1.24 bits per heavy atom. The lowest BCUT2D eigenvalue weighted by Gasteiger charge is -2.18. The molecule has 0 aromatic rings. The molecule has 0 aromatic carbocycles. The SMILES string of the molecule is CC\C=C/C=C\C=C/CCCCCCCCCC(=O)OCC(COC(=O)CCC/C=C\CCCCCC)OC(=O)CCCCCCCCCCCCCCC. The molecule has 0 amide bonds. The van der Waals surface area contributed by atoms with Crippen molar-refractivity contribution in [2.45, 2.75) is 232 Å². The van der Waals surface area contributed by atoms with Crippen molar-refractivity contribution in [2.75, 3.05) is 13.2 Å². The predicted molar refractivity (Wildman–Crippen MR) is 233 cm³/mol. The van der Waals surface area contributed by atoms with Gasteiger partial charge in [0, 0.05) is 19.3 Å². The molecule has 0 N–H and O–H groups in total. The molecule has 0 heterocycles. The largest absolute Gasteiger partial charge is 0.462 e. The third-order valence-corrected chi connectivity index (χ3v) is 9.88. The van der Waals surface area contributed by atoms with E-state index in [1.165, 1.54) is 116 Å². The second-order valence-electron chi connectivity index (χ2n) is 15.3. The monoisotopic (exact) mass is 771 g/mol. The molecule has 0 aromatic heterocycles. The Bertz CT molecular complexity index is 980. The summed E-state index contributed by atoms with van der Waals surface area (Å²) < 4.78 is 16.7. The zero-order chi connectivity index (χ0) is 40.1. The van der Waals surface area contributed by atoms with Gasteiger partial charge in [-0.05, 0) is 57.8 Å². The molecule has 55 heavy (non-hydrogen) atoms. The van der Waals surface area contributed by atoms with Crippen LogP contribution in [0.2, 0.25) is 0 Å². The van der Waals surface area contributed by atoms with E-state index in [0.29, 0.717) is 19.3 Å². The van der Waals surface area contributed by atoms with Gasteiger partial charge in [-0.3, -0.25) is 14.4 Å². The molecule has 0 bridgehead atoms. The molecule has 1 unspecified atom stereocenters. The van der Waals surface area contributed by atoms with Gasteiger partial charge >= 0.3 is 17.9 Å².